The molecule has 2 amide bonds. The number of hydrogen-bond donors (Lipinski definition) is 3. The molecule has 0 aliphatic carbocycles. The lowest BCUT2D eigenvalue weighted by Crippen LogP contribution is -2.41. The van der Waals surface area contributed by atoms with E-state index in [-0.39, 0.29) is 5.69 Å². The van der Waals surface area contributed by atoms with Crippen LogP contribution in [-0.4, -0.2) is 30.9 Å². The molecular formula is C14H15ClN4O2. The molecule has 21 heavy (non-hydrogen) atoms. The quantitative estimate of drug-likeness (QED) is 0.757. The first-order valence-corrected chi connectivity index (χ1v) is 6.57. The standard InChI is InChI=1S/C14H15ClN4O2/c1-19(2)11-5-3-4-9(6-11)13(20)17-18-14(21)12-7-10(15)8-16-12/h3-8,16H,1-2H3,(H,17,20)(H,18,21). The minimum absolute atomic E-state index is 0.266. The van der Waals surface area contributed by atoms with E-state index in [1.165, 1.54) is 12.3 Å². The van der Waals surface area contributed by atoms with Gasteiger partial charge >= 0.3 is 0 Å². The van der Waals surface area contributed by atoms with Crippen molar-refractivity contribution in [2.75, 3.05) is 19.0 Å². The van der Waals surface area contributed by atoms with Crippen LogP contribution in [0, 0.1) is 0 Å². The highest BCUT2D eigenvalue weighted by Crippen LogP contribution is 2.13. The molecule has 6 nitrogen and oxygen atoms in total. The van der Waals surface area contributed by atoms with Crippen molar-refractivity contribution in [3.05, 3.63) is 52.8 Å². The summed E-state index contributed by atoms with van der Waals surface area (Å²) >= 11 is 5.71. The van der Waals surface area contributed by atoms with Crippen molar-refractivity contribution >= 4 is 29.1 Å². The minimum Gasteiger partial charge on any atom is -0.378 e. The number of carbonyl (C=O) groups is 2. The molecule has 3 N–H and O–H groups in total. The van der Waals surface area contributed by atoms with Gasteiger partial charge in [0.2, 0.25) is 0 Å². The number of benzene rings is 1. The van der Waals surface area contributed by atoms with E-state index in [0.29, 0.717) is 10.6 Å². The maximum Gasteiger partial charge on any atom is 0.286 e. The molecule has 0 unspecified atom stereocenters. The summed E-state index contributed by atoms with van der Waals surface area (Å²) < 4.78 is 0. The zero-order chi connectivity index (χ0) is 15.4. The molecule has 0 spiro atoms. The number of H-pyrrole nitrogens is 1. The summed E-state index contributed by atoms with van der Waals surface area (Å²) in [5.41, 5.74) is 6.28. The van der Waals surface area contributed by atoms with Crippen molar-refractivity contribution in [3.8, 4) is 0 Å². The molecule has 0 radical (unpaired) electrons. The average molecular weight is 307 g/mol. The number of halogens is 1. The van der Waals surface area contributed by atoms with Gasteiger partial charge in [-0.15, -0.1) is 0 Å². The van der Waals surface area contributed by atoms with Gasteiger partial charge < -0.3 is 9.88 Å². The fourth-order valence-electron chi connectivity index (χ4n) is 1.68. The third-order valence-corrected chi connectivity index (χ3v) is 3.02. The predicted molar refractivity (Wildman–Crippen MR) is 81.5 cm³/mol. The van der Waals surface area contributed by atoms with E-state index in [1.54, 1.807) is 18.2 Å². The normalized spacial score (nSPS) is 10.0. The number of nitrogens with zero attached hydrogens (tertiary/aromatic N) is 1. The minimum atomic E-state index is -0.473. The molecular weight excluding hydrogens is 292 g/mol. The van der Waals surface area contributed by atoms with E-state index in [2.05, 4.69) is 15.8 Å². The second-order valence-electron chi connectivity index (χ2n) is 4.58. The Morgan fingerprint density at radius 2 is 1.86 bits per heavy atom. The van der Waals surface area contributed by atoms with E-state index in [4.69, 9.17) is 11.6 Å². The van der Waals surface area contributed by atoms with Crippen LogP contribution in [0.15, 0.2) is 36.5 Å². The first-order valence-electron chi connectivity index (χ1n) is 6.19. The fraction of sp³-hybridized carbons (Fsp3) is 0.143. The number of hydrazine groups is 1. The molecule has 0 saturated heterocycles. The largest absolute Gasteiger partial charge is 0.378 e. The Balaban J connectivity index is 1.98. The lowest BCUT2D eigenvalue weighted by Gasteiger charge is -2.13. The topological polar surface area (TPSA) is 77.2 Å². The third-order valence-electron chi connectivity index (χ3n) is 2.81. The molecule has 1 aromatic heterocycles. The van der Waals surface area contributed by atoms with Crippen LogP contribution in [0.4, 0.5) is 5.69 Å². The van der Waals surface area contributed by atoms with Gasteiger partial charge in [-0.3, -0.25) is 20.4 Å². The number of hydrogen-bond acceptors (Lipinski definition) is 3. The fourth-order valence-corrected chi connectivity index (χ4v) is 1.84. The Hall–Kier alpha value is -2.47. The van der Waals surface area contributed by atoms with Crippen molar-refractivity contribution in [3.63, 3.8) is 0 Å². The second-order valence-corrected chi connectivity index (χ2v) is 5.02. The van der Waals surface area contributed by atoms with Gasteiger partial charge in [-0.05, 0) is 24.3 Å². The van der Waals surface area contributed by atoms with Gasteiger partial charge in [0.25, 0.3) is 11.8 Å². The number of anilines is 1. The molecule has 1 aromatic carbocycles. The zero-order valence-electron chi connectivity index (χ0n) is 11.6. The molecule has 110 valence electrons. The molecule has 0 bridgehead atoms. The van der Waals surface area contributed by atoms with Gasteiger partial charge in [0.05, 0.1) is 5.02 Å². The molecule has 0 fully saturated rings. The molecule has 0 saturated carbocycles. The summed E-state index contributed by atoms with van der Waals surface area (Å²) in [7, 11) is 3.77. The number of amides is 2. The van der Waals surface area contributed by atoms with Crippen molar-refractivity contribution in [2.24, 2.45) is 0 Å². The zero-order valence-corrected chi connectivity index (χ0v) is 12.4. The van der Waals surface area contributed by atoms with E-state index in [9.17, 15) is 9.59 Å². The lowest BCUT2D eigenvalue weighted by atomic mass is 10.2. The molecule has 2 rings (SSSR count). The number of nitrogens with one attached hydrogen (secondary N) is 3. The molecule has 0 aliphatic heterocycles. The van der Waals surface area contributed by atoms with Crippen LogP contribution in [0.1, 0.15) is 20.8 Å². The SMILES string of the molecule is CN(C)c1cccc(C(=O)NNC(=O)c2cc(Cl)c[nH]2)c1. The maximum absolute atomic E-state index is 12.0. The summed E-state index contributed by atoms with van der Waals surface area (Å²) in [6, 6.07) is 8.52. The van der Waals surface area contributed by atoms with Gasteiger partial charge in [-0.2, -0.15) is 0 Å². The van der Waals surface area contributed by atoms with E-state index in [1.807, 2.05) is 25.1 Å². The molecule has 0 aliphatic rings. The number of rotatable bonds is 3. The van der Waals surface area contributed by atoms with Gasteiger partial charge in [-0.25, -0.2) is 0 Å². The average Bonchev–Trinajstić information content (AvgIpc) is 2.91. The summed E-state index contributed by atoms with van der Waals surface area (Å²) in [4.78, 5) is 28.3. The summed E-state index contributed by atoms with van der Waals surface area (Å²) in [5, 5.41) is 0.421. The van der Waals surface area contributed by atoms with Gasteiger partial charge in [0, 0.05) is 31.5 Å². The van der Waals surface area contributed by atoms with Gasteiger partial charge in [0.1, 0.15) is 5.69 Å². The van der Waals surface area contributed by atoms with E-state index in [0.717, 1.165) is 5.69 Å². The third kappa shape index (κ3) is 3.76. The smallest absolute Gasteiger partial charge is 0.286 e. The Morgan fingerprint density at radius 1 is 1.14 bits per heavy atom. The summed E-state index contributed by atoms with van der Waals surface area (Å²) in [6.07, 6.45) is 1.48. The number of aromatic nitrogens is 1. The molecule has 0 atom stereocenters. The molecule has 2 aromatic rings. The maximum atomic E-state index is 12.0. The summed E-state index contributed by atoms with van der Waals surface area (Å²) in [5.74, 6) is -0.872. The van der Waals surface area contributed by atoms with Gasteiger partial charge in [-0.1, -0.05) is 17.7 Å². The lowest BCUT2D eigenvalue weighted by molar-refractivity contribution is 0.0844. The monoisotopic (exact) mass is 306 g/mol. The van der Waals surface area contributed by atoms with Crippen LogP contribution in [0.5, 0.6) is 0 Å². The van der Waals surface area contributed by atoms with E-state index >= 15 is 0 Å². The predicted octanol–water partition coefficient (Wildman–Crippen LogP) is 1.81. The van der Waals surface area contributed by atoms with Crippen LogP contribution in [0.2, 0.25) is 5.02 Å². The van der Waals surface area contributed by atoms with E-state index < -0.39 is 11.8 Å². The molecule has 1 heterocycles. The van der Waals surface area contributed by atoms with Crippen molar-refractivity contribution < 1.29 is 9.59 Å². The molecule has 7 heteroatoms. The van der Waals surface area contributed by atoms with Crippen LogP contribution in [-0.2, 0) is 0 Å². The van der Waals surface area contributed by atoms with Gasteiger partial charge in [0.15, 0.2) is 0 Å². The second kappa shape index (κ2) is 6.32. The van der Waals surface area contributed by atoms with Crippen LogP contribution < -0.4 is 15.8 Å². The van der Waals surface area contributed by atoms with Crippen LogP contribution >= 0.6 is 11.6 Å². The van der Waals surface area contributed by atoms with Crippen LogP contribution in [0.3, 0.4) is 0 Å². The van der Waals surface area contributed by atoms with Crippen molar-refractivity contribution in [2.45, 2.75) is 0 Å². The number of carbonyl (C=O) groups excluding carboxylic acids is 2. The number of aromatic amines is 1. The van der Waals surface area contributed by atoms with Crippen molar-refractivity contribution in [1.29, 1.82) is 0 Å². The first-order chi connectivity index (χ1) is 9.97. The Labute approximate surface area is 127 Å². The Kier molecular flexibility index (Phi) is 4.49. The first kappa shape index (κ1) is 14.9. The highest BCUT2D eigenvalue weighted by atomic mass is 35.5. The highest BCUT2D eigenvalue weighted by Gasteiger charge is 2.11. The Bertz CT molecular complexity index is 666. The Morgan fingerprint density at radius 3 is 2.48 bits per heavy atom. The van der Waals surface area contributed by atoms with Crippen molar-refractivity contribution in [1.82, 2.24) is 15.8 Å². The highest BCUT2D eigenvalue weighted by molar-refractivity contribution is 6.30. The summed E-state index contributed by atoms with van der Waals surface area (Å²) in [6.45, 7) is 0. The van der Waals surface area contributed by atoms with Crippen LogP contribution in [0.25, 0.3) is 0 Å².